The van der Waals surface area contributed by atoms with Crippen LogP contribution in [0.15, 0.2) is 54.7 Å². The predicted molar refractivity (Wildman–Crippen MR) is 129 cm³/mol. The Bertz CT molecular complexity index is 1200. The molecule has 2 heterocycles. The fraction of sp³-hybridized carbons (Fsp3) is 0.370. The van der Waals surface area contributed by atoms with Crippen molar-refractivity contribution in [2.45, 2.75) is 45.6 Å². The lowest BCUT2D eigenvalue weighted by Crippen LogP contribution is -2.44. The first kappa shape index (κ1) is 23.7. The Hall–Kier alpha value is -3.47. The third-order valence-electron chi connectivity index (χ3n) is 5.98. The zero-order chi connectivity index (χ0) is 24.1. The summed E-state index contributed by atoms with van der Waals surface area (Å²) in [6, 6.07) is 17.0. The van der Waals surface area contributed by atoms with Crippen molar-refractivity contribution in [1.29, 1.82) is 5.26 Å². The summed E-state index contributed by atoms with van der Waals surface area (Å²) < 4.78 is 13.0. The molecule has 0 amide bonds. The number of aryl methyl sites for hydroxylation is 1. The summed E-state index contributed by atoms with van der Waals surface area (Å²) in [7, 11) is 0. The number of hydrogen-bond donors (Lipinski definition) is 0. The van der Waals surface area contributed by atoms with Crippen LogP contribution in [0.3, 0.4) is 0 Å². The van der Waals surface area contributed by atoms with Crippen LogP contribution in [-0.2, 0) is 22.6 Å². The predicted octanol–water partition coefficient (Wildman–Crippen LogP) is 4.20. The van der Waals surface area contributed by atoms with E-state index >= 15 is 0 Å². The van der Waals surface area contributed by atoms with E-state index in [2.05, 4.69) is 24.8 Å². The number of para-hydroxylation sites is 1. The number of nitriles is 1. The lowest BCUT2D eigenvalue weighted by molar-refractivity contribution is -0.0704. The molecule has 1 aromatic heterocycles. The average molecular weight is 460 g/mol. The van der Waals surface area contributed by atoms with Gasteiger partial charge in [0.05, 0.1) is 30.3 Å². The Labute approximate surface area is 199 Å². The molecule has 34 heavy (non-hydrogen) atoms. The van der Waals surface area contributed by atoms with Gasteiger partial charge in [-0.3, -0.25) is 9.69 Å². The molecule has 0 saturated carbocycles. The minimum Gasteiger partial charge on any atom is -0.454 e. The summed E-state index contributed by atoms with van der Waals surface area (Å²) >= 11 is 0. The van der Waals surface area contributed by atoms with Gasteiger partial charge in [-0.2, -0.15) is 5.26 Å². The lowest BCUT2D eigenvalue weighted by Gasteiger charge is -2.35. The van der Waals surface area contributed by atoms with E-state index in [9.17, 15) is 9.59 Å². The first-order valence-corrected chi connectivity index (χ1v) is 11.6. The summed E-state index contributed by atoms with van der Waals surface area (Å²) in [5.74, 6) is -0.797. The Morgan fingerprint density at radius 1 is 1.09 bits per heavy atom. The molecule has 3 aromatic rings. The second kappa shape index (κ2) is 10.6. The van der Waals surface area contributed by atoms with Gasteiger partial charge in [-0.1, -0.05) is 30.3 Å². The number of Topliss-reactive ketones (excluding diaryl/α,β-unsaturated/α-hetero) is 1. The van der Waals surface area contributed by atoms with Crippen molar-refractivity contribution in [3.63, 3.8) is 0 Å². The number of rotatable bonds is 8. The van der Waals surface area contributed by atoms with Crippen molar-refractivity contribution in [3.05, 3.63) is 71.4 Å². The Morgan fingerprint density at radius 2 is 1.79 bits per heavy atom. The van der Waals surface area contributed by atoms with E-state index in [1.54, 1.807) is 18.3 Å². The van der Waals surface area contributed by atoms with E-state index in [4.69, 9.17) is 14.7 Å². The molecule has 0 bridgehead atoms. The van der Waals surface area contributed by atoms with Gasteiger partial charge in [-0.15, -0.1) is 0 Å². The first-order valence-electron chi connectivity index (χ1n) is 11.6. The molecule has 0 radical (unpaired) electrons. The number of benzene rings is 2. The zero-order valence-electron chi connectivity index (χ0n) is 19.6. The quantitative estimate of drug-likeness (QED) is 0.371. The Balaban J connectivity index is 1.36. The molecule has 1 aliphatic heterocycles. The largest absolute Gasteiger partial charge is 0.454 e. The summed E-state index contributed by atoms with van der Waals surface area (Å²) in [6.07, 6.45) is 2.49. The van der Waals surface area contributed by atoms with Crippen LogP contribution in [0, 0.1) is 11.3 Å². The highest BCUT2D eigenvalue weighted by Gasteiger charge is 2.22. The first-order chi connectivity index (χ1) is 16.4. The molecule has 7 heteroatoms. The molecule has 0 aliphatic carbocycles. The number of ether oxygens (including phenoxy) is 2. The highest BCUT2D eigenvalue weighted by atomic mass is 16.5. The minimum atomic E-state index is -0.526. The van der Waals surface area contributed by atoms with Gasteiger partial charge in [0.1, 0.15) is 0 Å². The molecule has 0 N–H and O–H groups in total. The lowest BCUT2D eigenvalue weighted by atomic mass is 10.1. The molecule has 2 aromatic carbocycles. The maximum absolute atomic E-state index is 12.8. The van der Waals surface area contributed by atoms with Crippen LogP contribution in [0.5, 0.6) is 0 Å². The number of hydrogen-bond acceptors (Lipinski definition) is 6. The normalized spacial score (nSPS) is 18.5. The molecule has 1 aliphatic rings. The summed E-state index contributed by atoms with van der Waals surface area (Å²) in [6.45, 7) is 6.86. The SMILES string of the molecule is CC1CN(Cc2ccc(C(=O)OCC(=O)c3cn(CCC#N)c4ccccc34)cc2)CC(C)O1. The molecule has 0 spiro atoms. The topological polar surface area (TPSA) is 84.6 Å². The number of ketones is 1. The van der Waals surface area contributed by atoms with Gasteiger partial charge in [0.2, 0.25) is 5.78 Å². The van der Waals surface area contributed by atoms with Crippen molar-refractivity contribution in [2.75, 3.05) is 19.7 Å². The van der Waals surface area contributed by atoms with Crippen molar-refractivity contribution in [2.24, 2.45) is 0 Å². The van der Waals surface area contributed by atoms with Crippen LogP contribution >= 0.6 is 0 Å². The number of fused-ring (bicyclic) bond motifs is 1. The van der Waals surface area contributed by atoms with Crippen LogP contribution in [0.2, 0.25) is 0 Å². The van der Waals surface area contributed by atoms with Crippen LogP contribution in [0.25, 0.3) is 10.9 Å². The van der Waals surface area contributed by atoms with Gasteiger partial charge in [-0.05, 0) is 37.6 Å². The number of aromatic nitrogens is 1. The Kier molecular flexibility index (Phi) is 7.41. The molecule has 4 rings (SSSR count). The van der Waals surface area contributed by atoms with E-state index in [0.29, 0.717) is 24.1 Å². The smallest absolute Gasteiger partial charge is 0.338 e. The second-order valence-corrected chi connectivity index (χ2v) is 8.81. The molecule has 1 fully saturated rings. The van der Waals surface area contributed by atoms with E-state index < -0.39 is 5.97 Å². The number of morpholine rings is 1. The van der Waals surface area contributed by atoms with Crippen LogP contribution in [0.1, 0.15) is 46.5 Å². The molecule has 1 saturated heterocycles. The van der Waals surface area contributed by atoms with Crippen molar-refractivity contribution < 1.29 is 19.1 Å². The van der Waals surface area contributed by atoms with Gasteiger partial charge >= 0.3 is 5.97 Å². The molecule has 7 nitrogen and oxygen atoms in total. The summed E-state index contributed by atoms with van der Waals surface area (Å²) in [5, 5.41) is 9.68. The molecular weight excluding hydrogens is 430 g/mol. The minimum absolute atomic E-state index is 0.205. The van der Waals surface area contributed by atoms with Gasteiger partial charge in [0, 0.05) is 48.8 Å². The van der Waals surface area contributed by atoms with E-state index in [1.165, 1.54) is 0 Å². The summed E-state index contributed by atoms with van der Waals surface area (Å²) in [4.78, 5) is 27.7. The van der Waals surface area contributed by atoms with E-state index in [-0.39, 0.29) is 24.6 Å². The van der Waals surface area contributed by atoms with Crippen molar-refractivity contribution in [1.82, 2.24) is 9.47 Å². The number of nitrogens with zero attached hydrogens (tertiary/aromatic N) is 3. The Morgan fingerprint density at radius 3 is 2.50 bits per heavy atom. The van der Waals surface area contributed by atoms with Gasteiger partial charge in [-0.25, -0.2) is 4.79 Å². The maximum Gasteiger partial charge on any atom is 0.338 e. The monoisotopic (exact) mass is 459 g/mol. The fourth-order valence-electron chi connectivity index (χ4n) is 4.53. The summed E-state index contributed by atoms with van der Waals surface area (Å²) in [5.41, 5.74) is 2.90. The number of esters is 1. The second-order valence-electron chi connectivity index (χ2n) is 8.81. The van der Waals surface area contributed by atoms with Gasteiger partial charge < -0.3 is 14.0 Å². The van der Waals surface area contributed by atoms with Gasteiger partial charge in [0.15, 0.2) is 6.61 Å². The van der Waals surface area contributed by atoms with E-state index in [1.807, 2.05) is 41.0 Å². The van der Waals surface area contributed by atoms with Gasteiger partial charge in [0.25, 0.3) is 0 Å². The number of carbonyl (C=O) groups excluding carboxylic acids is 2. The van der Waals surface area contributed by atoms with Crippen LogP contribution in [0.4, 0.5) is 0 Å². The van der Waals surface area contributed by atoms with E-state index in [0.717, 1.165) is 36.1 Å². The molecular formula is C27H29N3O4. The highest BCUT2D eigenvalue weighted by molar-refractivity contribution is 6.09. The molecule has 2 atom stereocenters. The molecule has 2 unspecified atom stereocenters. The van der Waals surface area contributed by atoms with Crippen molar-refractivity contribution >= 4 is 22.7 Å². The third-order valence-corrected chi connectivity index (χ3v) is 5.98. The van der Waals surface area contributed by atoms with Crippen LogP contribution in [-0.4, -0.2) is 53.1 Å². The standard InChI is InChI=1S/C27H29N3O4/c1-19-14-29(15-20(2)34-19)16-21-8-10-22(11-9-21)27(32)33-18-26(31)24-17-30(13-5-12-28)25-7-4-3-6-23(24)25/h3-4,6-11,17,19-20H,5,13-16,18H2,1-2H3. The average Bonchev–Trinajstić information content (AvgIpc) is 3.19. The maximum atomic E-state index is 12.8. The zero-order valence-corrected chi connectivity index (χ0v) is 19.6. The third kappa shape index (κ3) is 5.53. The highest BCUT2D eigenvalue weighted by Crippen LogP contribution is 2.22. The fourth-order valence-corrected chi connectivity index (χ4v) is 4.53. The van der Waals surface area contributed by atoms with Crippen LogP contribution < -0.4 is 0 Å². The number of carbonyl (C=O) groups is 2. The van der Waals surface area contributed by atoms with Crippen molar-refractivity contribution in [3.8, 4) is 6.07 Å². The molecule has 176 valence electrons.